The van der Waals surface area contributed by atoms with E-state index in [1.165, 1.54) is 31.9 Å². The van der Waals surface area contributed by atoms with E-state index >= 15 is 0 Å². The Balaban J connectivity index is 5.30. The first-order valence-corrected chi connectivity index (χ1v) is 4.98. The zero-order valence-electron chi connectivity index (χ0n) is 5.78. The maximum atomic E-state index is 12.8. The van der Waals surface area contributed by atoms with E-state index in [0.29, 0.717) is 0 Å². The summed E-state index contributed by atoms with van der Waals surface area (Å²) in [5, 5.41) is -5.05. The van der Waals surface area contributed by atoms with Gasteiger partial charge in [-0.15, -0.1) is 0 Å². The van der Waals surface area contributed by atoms with E-state index in [2.05, 4.69) is 23.2 Å². The zero-order valence-corrected chi connectivity index (χ0v) is 10.5. The fourth-order valence-corrected chi connectivity index (χ4v) is 1.53. The van der Waals surface area contributed by atoms with Crippen LogP contribution >= 0.6 is 55.1 Å². The van der Waals surface area contributed by atoms with Crippen LogP contribution in [0.1, 0.15) is 0 Å². The molecule has 0 bridgehead atoms. The van der Waals surface area contributed by atoms with Crippen LogP contribution in [0.2, 0.25) is 0 Å². The highest BCUT2D eigenvalue weighted by molar-refractivity contribution is 9.11. The molecule has 0 spiro atoms. The van der Waals surface area contributed by atoms with Gasteiger partial charge in [0.15, 0.2) is 0 Å². The summed E-state index contributed by atoms with van der Waals surface area (Å²) in [6, 6.07) is 0. The lowest BCUT2D eigenvalue weighted by atomic mass is 10.2. The quantitative estimate of drug-likeness (QED) is 0.479. The van der Waals surface area contributed by atoms with Gasteiger partial charge in [0, 0.05) is 0 Å². The second kappa shape index (κ2) is 3.85. The van der Waals surface area contributed by atoms with Crippen molar-refractivity contribution in [1.82, 2.24) is 0 Å². The largest absolute Gasteiger partial charge is 0.371 e. The average molecular weight is 393 g/mol. The Labute approximate surface area is 101 Å². The normalized spacial score (nSPS) is 22.7. The Bertz CT molecular complexity index is 195. The standard InChI is InChI=1S/C4Br2Cl2F6/c5-1(9,4(8,13)14)2(10,11)3(6,7)12/t1-,3-/m0/s1. The van der Waals surface area contributed by atoms with E-state index in [-0.39, 0.29) is 0 Å². The molecule has 10 heteroatoms. The average Bonchev–Trinajstić information content (AvgIpc) is 1.81. The first kappa shape index (κ1) is 15.1. The molecule has 0 amide bonds. The molecule has 0 fully saturated rings. The van der Waals surface area contributed by atoms with Crippen LogP contribution in [0.15, 0.2) is 0 Å². The van der Waals surface area contributed by atoms with Gasteiger partial charge >= 0.3 is 19.9 Å². The fourth-order valence-electron chi connectivity index (χ4n) is 0.356. The molecule has 14 heavy (non-hydrogen) atoms. The van der Waals surface area contributed by atoms with Gasteiger partial charge < -0.3 is 0 Å². The van der Waals surface area contributed by atoms with E-state index in [0.717, 1.165) is 0 Å². The molecule has 2 atom stereocenters. The fraction of sp³-hybridized carbons (Fsp3) is 1.00. The molecule has 0 rings (SSSR count). The Hall–Kier alpha value is 1.12. The van der Waals surface area contributed by atoms with Crippen LogP contribution in [0.25, 0.3) is 0 Å². The van der Waals surface area contributed by atoms with Gasteiger partial charge in [-0.3, -0.25) is 0 Å². The van der Waals surface area contributed by atoms with Gasteiger partial charge in [0.2, 0.25) is 0 Å². The summed E-state index contributed by atoms with van der Waals surface area (Å²) < 4.78 is 65.9. The number of rotatable bonds is 3. The van der Waals surface area contributed by atoms with Crippen LogP contribution in [0.5, 0.6) is 0 Å². The van der Waals surface area contributed by atoms with Crippen LogP contribution < -0.4 is 0 Å². The molecule has 0 radical (unpaired) electrons. The topological polar surface area (TPSA) is 0 Å². The van der Waals surface area contributed by atoms with Crippen LogP contribution in [-0.4, -0.2) is 19.9 Å². The molecule has 0 N–H and O–H groups in total. The summed E-state index contributed by atoms with van der Waals surface area (Å²) >= 11 is 11.2. The molecule has 0 aliphatic carbocycles. The van der Waals surface area contributed by atoms with Gasteiger partial charge in [0.05, 0.1) is 0 Å². The lowest BCUT2D eigenvalue weighted by Gasteiger charge is -2.34. The molecule has 0 aliphatic heterocycles. The van der Waals surface area contributed by atoms with Crippen molar-refractivity contribution in [3.8, 4) is 0 Å². The van der Waals surface area contributed by atoms with Crippen molar-refractivity contribution in [1.29, 1.82) is 0 Å². The molecule has 0 heterocycles. The van der Waals surface area contributed by atoms with Gasteiger partial charge in [-0.2, -0.15) is 17.6 Å². The highest BCUT2D eigenvalue weighted by Crippen LogP contribution is 2.58. The third-order valence-corrected chi connectivity index (χ3v) is 3.33. The Morgan fingerprint density at radius 3 is 1.14 bits per heavy atom. The Kier molecular flexibility index (Phi) is 4.16. The molecule has 86 valence electrons. The predicted octanol–water partition coefficient (Wildman–Crippen LogP) is 4.77. The second-order valence-electron chi connectivity index (χ2n) is 2.14. The van der Waals surface area contributed by atoms with Crippen molar-refractivity contribution >= 4 is 55.1 Å². The molecular formula is C4Br2Cl2F6. The van der Waals surface area contributed by atoms with Crippen LogP contribution in [0.3, 0.4) is 0 Å². The summed E-state index contributed by atoms with van der Waals surface area (Å²) in [6.45, 7) is 0. The van der Waals surface area contributed by atoms with Crippen molar-refractivity contribution < 1.29 is 26.3 Å². The number of hydrogen-bond donors (Lipinski definition) is 0. The third kappa shape index (κ3) is 2.44. The minimum atomic E-state index is -5.30. The molecule has 0 aliphatic rings. The summed E-state index contributed by atoms with van der Waals surface area (Å²) in [4.78, 5) is 0. The van der Waals surface area contributed by atoms with Crippen molar-refractivity contribution in [3.63, 3.8) is 0 Å². The van der Waals surface area contributed by atoms with Crippen molar-refractivity contribution in [2.24, 2.45) is 0 Å². The Morgan fingerprint density at radius 2 is 1.07 bits per heavy atom. The molecule has 0 unspecified atom stereocenters. The summed E-state index contributed by atoms with van der Waals surface area (Å²) in [6.07, 6.45) is 0. The lowest BCUT2D eigenvalue weighted by Crippen LogP contribution is -2.56. The molecule has 0 aromatic carbocycles. The van der Waals surface area contributed by atoms with Crippen molar-refractivity contribution in [3.05, 3.63) is 0 Å². The maximum absolute atomic E-state index is 12.8. The van der Waals surface area contributed by atoms with E-state index in [9.17, 15) is 26.3 Å². The summed E-state index contributed by atoms with van der Waals surface area (Å²) in [7, 11) is 0. The van der Waals surface area contributed by atoms with Crippen LogP contribution in [0.4, 0.5) is 26.3 Å². The van der Waals surface area contributed by atoms with Gasteiger partial charge in [-0.05, 0) is 43.5 Å². The number of alkyl halides is 10. The highest BCUT2D eigenvalue weighted by atomic mass is 79.9. The number of hydrogen-bond acceptors (Lipinski definition) is 0. The first-order chi connectivity index (χ1) is 5.75. The molecule has 0 aromatic rings. The SMILES string of the molecule is FC(F)(Cl)[C@](F)(Br)C(F)(F)[C@@](F)(Cl)Br. The smallest absolute Gasteiger partial charge is 0.216 e. The monoisotopic (exact) mass is 390 g/mol. The zero-order chi connectivity index (χ0) is 12.0. The molecule has 0 saturated heterocycles. The second-order valence-corrected chi connectivity index (χ2v) is 5.78. The van der Waals surface area contributed by atoms with E-state index in [1.807, 2.05) is 0 Å². The summed E-state index contributed by atoms with van der Waals surface area (Å²) in [5.41, 5.74) is 0. The van der Waals surface area contributed by atoms with E-state index in [4.69, 9.17) is 0 Å². The minimum absolute atomic E-state index is 1.31. The van der Waals surface area contributed by atoms with Gasteiger partial charge in [-0.1, -0.05) is 11.6 Å². The van der Waals surface area contributed by atoms with Crippen molar-refractivity contribution in [2.45, 2.75) is 19.9 Å². The van der Waals surface area contributed by atoms with Gasteiger partial charge in [0.1, 0.15) is 0 Å². The first-order valence-electron chi connectivity index (χ1n) is 2.64. The minimum Gasteiger partial charge on any atom is -0.216 e. The lowest BCUT2D eigenvalue weighted by molar-refractivity contribution is -0.183. The highest BCUT2D eigenvalue weighted by Gasteiger charge is 2.76. The number of halogens is 10. The van der Waals surface area contributed by atoms with Gasteiger partial charge in [0.25, 0.3) is 0 Å². The van der Waals surface area contributed by atoms with Crippen molar-refractivity contribution in [2.75, 3.05) is 0 Å². The van der Waals surface area contributed by atoms with E-state index < -0.39 is 19.9 Å². The van der Waals surface area contributed by atoms with Crippen LogP contribution in [-0.2, 0) is 0 Å². The molecule has 0 aromatic heterocycles. The molecule has 0 saturated carbocycles. The molecular weight excluding hydrogens is 393 g/mol. The Morgan fingerprint density at radius 1 is 0.786 bits per heavy atom. The maximum Gasteiger partial charge on any atom is 0.371 e. The van der Waals surface area contributed by atoms with E-state index in [1.54, 1.807) is 0 Å². The van der Waals surface area contributed by atoms with Crippen LogP contribution in [0, 0.1) is 0 Å². The van der Waals surface area contributed by atoms with Gasteiger partial charge in [-0.25, -0.2) is 8.78 Å². The third-order valence-electron chi connectivity index (χ3n) is 1.11. The summed E-state index contributed by atoms with van der Waals surface area (Å²) in [5.74, 6) is -5.30. The predicted molar refractivity (Wildman–Crippen MR) is 47.1 cm³/mol. The molecule has 0 nitrogen and oxygen atoms in total.